The zero-order valence-corrected chi connectivity index (χ0v) is 13.1. The molecule has 0 bridgehead atoms. The molecule has 1 aromatic carbocycles. The van der Waals surface area contributed by atoms with Crippen molar-refractivity contribution >= 4 is 28.2 Å². The molecule has 0 atom stereocenters. The van der Waals surface area contributed by atoms with Gasteiger partial charge in [-0.15, -0.1) is 11.3 Å². The molecule has 0 aliphatic carbocycles. The van der Waals surface area contributed by atoms with Crippen molar-refractivity contribution in [1.29, 1.82) is 5.41 Å². The number of carbonyl (C=O) groups is 1. The van der Waals surface area contributed by atoms with Crippen molar-refractivity contribution in [1.82, 2.24) is 10.3 Å². The predicted molar refractivity (Wildman–Crippen MR) is 88.0 cm³/mol. The van der Waals surface area contributed by atoms with E-state index < -0.39 is 0 Å². The summed E-state index contributed by atoms with van der Waals surface area (Å²) in [6.45, 7) is 2.66. The molecule has 7 heteroatoms. The second-order valence-electron chi connectivity index (χ2n) is 4.55. The van der Waals surface area contributed by atoms with Crippen LogP contribution in [0, 0.1) is 5.41 Å². The Labute approximate surface area is 133 Å². The first-order valence-electron chi connectivity index (χ1n) is 6.88. The van der Waals surface area contributed by atoms with Gasteiger partial charge in [0.15, 0.2) is 16.9 Å². The summed E-state index contributed by atoms with van der Waals surface area (Å²) in [5, 5.41) is 16.0. The van der Waals surface area contributed by atoms with E-state index in [1.165, 1.54) is 18.3 Å². The molecule has 116 valence electrons. The van der Waals surface area contributed by atoms with E-state index in [9.17, 15) is 4.79 Å². The molecule has 0 amide bonds. The topological polar surface area (TPSA) is 87.1 Å². The third kappa shape index (κ3) is 5.17. The van der Waals surface area contributed by atoms with E-state index in [2.05, 4.69) is 15.6 Å². The molecule has 0 aliphatic rings. The van der Waals surface area contributed by atoms with Gasteiger partial charge in [0, 0.05) is 23.7 Å². The SMILES string of the molecule is CC(=O)c1cccc(OCCCNC(=N)Nc2nccs2)c1. The van der Waals surface area contributed by atoms with Gasteiger partial charge in [0.25, 0.3) is 0 Å². The molecule has 2 aromatic rings. The molecule has 0 saturated heterocycles. The number of nitrogens with one attached hydrogen (secondary N) is 3. The summed E-state index contributed by atoms with van der Waals surface area (Å²) in [7, 11) is 0. The fraction of sp³-hybridized carbons (Fsp3) is 0.267. The highest BCUT2D eigenvalue weighted by Gasteiger charge is 2.02. The van der Waals surface area contributed by atoms with Crippen molar-refractivity contribution in [3.63, 3.8) is 0 Å². The summed E-state index contributed by atoms with van der Waals surface area (Å²) < 4.78 is 5.59. The molecule has 0 fully saturated rings. The Morgan fingerprint density at radius 3 is 3.05 bits per heavy atom. The average Bonchev–Trinajstić information content (AvgIpc) is 3.00. The molecule has 2 rings (SSSR count). The molecular weight excluding hydrogens is 300 g/mol. The molecule has 0 unspecified atom stereocenters. The van der Waals surface area contributed by atoms with Gasteiger partial charge in [0.2, 0.25) is 0 Å². The van der Waals surface area contributed by atoms with Crippen LogP contribution < -0.4 is 15.4 Å². The van der Waals surface area contributed by atoms with Gasteiger partial charge in [-0.05, 0) is 25.5 Å². The minimum atomic E-state index is 0.0221. The summed E-state index contributed by atoms with van der Waals surface area (Å²) in [5.41, 5.74) is 0.644. The minimum Gasteiger partial charge on any atom is -0.494 e. The first kappa shape index (κ1) is 16.0. The highest BCUT2D eigenvalue weighted by atomic mass is 32.1. The Morgan fingerprint density at radius 1 is 1.45 bits per heavy atom. The van der Waals surface area contributed by atoms with Gasteiger partial charge in [-0.1, -0.05) is 12.1 Å². The van der Waals surface area contributed by atoms with Crippen LogP contribution in [-0.4, -0.2) is 29.9 Å². The first-order valence-corrected chi connectivity index (χ1v) is 7.76. The van der Waals surface area contributed by atoms with Crippen molar-refractivity contribution in [3.8, 4) is 5.75 Å². The molecule has 3 N–H and O–H groups in total. The minimum absolute atomic E-state index is 0.0221. The van der Waals surface area contributed by atoms with Crippen LogP contribution in [0.4, 0.5) is 5.13 Å². The van der Waals surface area contributed by atoms with Crippen LogP contribution in [0.25, 0.3) is 0 Å². The monoisotopic (exact) mass is 318 g/mol. The van der Waals surface area contributed by atoms with E-state index in [0.717, 1.165) is 6.42 Å². The number of thiazole rings is 1. The molecule has 0 radical (unpaired) electrons. The number of anilines is 1. The summed E-state index contributed by atoms with van der Waals surface area (Å²) in [4.78, 5) is 15.3. The molecular formula is C15H18N4O2S. The molecule has 1 heterocycles. The maximum atomic E-state index is 11.3. The van der Waals surface area contributed by atoms with Crippen LogP contribution >= 0.6 is 11.3 Å². The highest BCUT2D eigenvalue weighted by molar-refractivity contribution is 7.13. The van der Waals surface area contributed by atoms with E-state index in [-0.39, 0.29) is 11.7 Å². The standard InChI is InChI=1S/C15H18N4O2S/c1-11(20)12-4-2-5-13(10-12)21-8-3-6-17-14(16)19-15-18-7-9-22-15/h2,4-5,7,9-10H,3,6,8H2,1H3,(H3,16,17,18,19). The van der Waals surface area contributed by atoms with Gasteiger partial charge < -0.3 is 15.4 Å². The normalized spacial score (nSPS) is 10.0. The summed E-state index contributed by atoms with van der Waals surface area (Å²) in [5.74, 6) is 0.922. The second kappa shape index (κ2) is 8.14. The largest absolute Gasteiger partial charge is 0.494 e. The molecule has 0 saturated carbocycles. The van der Waals surface area contributed by atoms with Gasteiger partial charge in [-0.3, -0.25) is 10.2 Å². The number of ether oxygens (including phenoxy) is 1. The van der Waals surface area contributed by atoms with Crippen molar-refractivity contribution < 1.29 is 9.53 Å². The Kier molecular flexibility index (Phi) is 5.91. The number of ketones is 1. The number of guanidine groups is 1. The van der Waals surface area contributed by atoms with Gasteiger partial charge in [-0.2, -0.15) is 0 Å². The van der Waals surface area contributed by atoms with Crippen LogP contribution in [-0.2, 0) is 0 Å². The van der Waals surface area contributed by atoms with E-state index in [0.29, 0.717) is 29.6 Å². The molecule has 1 aromatic heterocycles. The van der Waals surface area contributed by atoms with E-state index in [1.54, 1.807) is 24.4 Å². The lowest BCUT2D eigenvalue weighted by atomic mass is 10.1. The van der Waals surface area contributed by atoms with Crippen LogP contribution in [0.15, 0.2) is 35.8 Å². The fourth-order valence-electron chi connectivity index (χ4n) is 1.72. The lowest BCUT2D eigenvalue weighted by Crippen LogP contribution is -2.31. The Morgan fingerprint density at radius 2 is 2.32 bits per heavy atom. The summed E-state index contributed by atoms with van der Waals surface area (Å²) >= 11 is 1.44. The quantitative estimate of drug-likeness (QED) is 0.316. The summed E-state index contributed by atoms with van der Waals surface area (Å²) in [6.07, 6.45) is 2.43. The van der Waals surface area contributed by atoms with Crippen LogP contribution in [0.3, 0.4) is 0 Å². The number of aromatic nitrogens is 1. The van der Waals surface area contributed by atoms with E-state index in [1.807, 2.05) is 11.4 Å². The highest BCUT2D eigenvalue weighted by Crippen LogP contribution is 2.14. The maximum absolute atomic E-state index is 11.3. The Balaban J connectivity index is 1.64. The van der Waals surface area contributed by atoms with Gasteiger partial charge in [0.1, 0.15) is 5.75 Å². The maximum Gasteiger partial charge on any atom is 0.194 e. The second-order valence-corrected chi connectivity index (χ2v) is 5.44. The van der Waals surface area contributed by atoms with Gasteiger partial charge in [-0.25, -0.2) is 4.98 Å². The van der Waals surface area contributed by atoms with Crippen LogP contribution in [0.2, 0.25) is 0 Å². The lowest BCUT2D eigenvalue weighted by molar-refractivity contribution is 0.101. The number of benzene rings is 1. The van der Waals surface area contributed by atoms with Crippen LogP contribution in [0.5, 0.6) is 5.75 Å². The molecule has 0 spiro atoms. The van der Waals surface area contributed by atoms with Crippen LogP contribution in [0.1, 0.15) is 23.7 Å². The zero-order chi connectivity index (χ0) is 15.8. The third-order valence-corrected chi connectivity index (χ3v) is 3.48. The number of nitrogens with zero attached hydrogens (tertiary/aromatic N) is 1. The van der Waals surface area contributed by atoms with Crippen molar-refractivity contribution in [2.75, 3.05) is 18.5 Å². The Bertz CT molecular complexity index is 628. The summed E-state index contributed by atoms with van der Waals surface area (Å²) in [6, 6.07) is 7.13. The third-order valence-electron chi connectivity index (χ3n) is 2.80. The lowest BCUT2D eigenvalue weighted by Gasteiger charge is -2.09. The fourth-order valence-corrected chi connectivity index (χ4v) is 2.25. The molecule has 22 heavy (non-hydrogen) atoms. The van der Waals surface area contributed by atoms with Gasteiger partial charge >= 0.3 is 0 Å². The average molecular weight is 318 g/mol. The predicted octanol–water partition coefficient (Wildman–Crippen LogP) is 2.75. The first-order chi connectivity index (χ1) is 10.6. The molecule has 0 aliphatic heterocycles. The smallest absolute Gasteiger partial charge is 0.194 e. The van der Waals surface area contributed by atoms with E-state index in [4.69, 9.17) is 10.1 Å². The number of rotatable bonds is 7. The van der Waals surface area contributed by atoms with Gasteiger partial charge in [0.05, 0.1) is 6.61 Å². The molecule has 6 nitrogen and oxygen atoms in total. The Hall–Kier alpha value is -2.41. The van der Waals surface area contributed by atoms with Crippen molar-refractivity contribution in [2.45, 2.75) is 13.3 Å². The van der Waals surface area contributed by atoms with Crippen molar-refractivity contribution in [3.05, 3.63) is 41.4 Å². The number of hydrogen-bond donors (Lipinski definition) is 3. The number of carbonyl (C=O) groups excluding carboxylic acids is 1. The van der Waals surface area contributed by atoms with Crippen molar-refractivity contribution in [2.24, 2.45) is 0 Å². The zero-order valence-electron chi connectivity index (χ0n) is 12.3. The number of Topliss-reactive ketones (excluding diaryl/α,β-unsaturated/α-hetero) is 1. The number of hydrogen-bond acceptors (Lipinski definition) is 5. The van der Waals surface area contributed by atoms with E-state index >= 15 is 0 Å².